The van der Waals surface area contributed by atoms with E-state index in [2.05, 4.69) is 10.3 Å². The Balaban J connectivity index is 2.24. The smallest absolute Gasteiger partial charge is 0.262 e. The minimum absolute atomic E-state index is 0.0612. The van der Waals surface area contributed by atoms with Crippen molar-refractivity contribution < 1.29 is 27.1 Å². The van der Waals surface area contributed by atoms with Gasteiger partial charge in [0.2, 0.25) is 11.5 Å². The van der Waals surface area contributed by atoms with E-state index in [0.29, 0.717) is 5.56 Å². The summed E-state index contributed by atoms with van der Waals surface area (Å²) in [5.74, 6) is -2.64. The molecule has 0 fully saturated rings. The molecule has 0 radical (unpaired) electrons. The largest absolute Gasteiger partial charge is 0.493 e. The van der Waals surface area contributed by atoms with E-state index in [1.54, 1.807) is 0 Å². The molecule has 0 unspecified atom stereocenters. The predicted octanol–water partition coefficient (Wildman–Crippen LogP) is 2.89. The maximum atomic E-state index is 15.7. The van der Waals surface area contributed by atoms with E-state index in [1.807, 2.05) is 0 Å². The van der Waals surface area contributed by atoms with Crippen LogP contribution in [0.2, 0.25) is 5.02 Å². The van der Waals surface area contributed by atoms with Gasteiger partial charge in [-0.3, -0.25) is 4.79 Å². The summed E-state index contributed by atoms with van der Waals surface area (Å²) in [5.41, 5.74) is -2.72. The second-order valence-electron chi connectivity index (χ2n) is 6.33. The number of sulfone groups is 1. The van der Waals surface area contributed by atoms with E-state index >= 15 is 4.39 Å². The average Bonchev–Trinajstić information content (AvgIpc) is 2.59. The molecule has 2 aromatic rings. The minimum atomic E-state index is -3.36. The molecule has 0 aliphatic carbocycles. The summed E-state index contributed by atoms with van der Waals surface area (Å²) in [4.78, 5) is 16.2. The van der Waals surface area contributed by atoms with Gasteiger partial charge in [-0.05, 0) is 42.7 Å². The third kappa shape index (κ3) is 5.62. The molecule has 10 heteroatoms. The summed E-state index contributed by atoms with van der Waals surface area (Å²) in [6, 6.07) is 6.11. The zero-order valence-corrected chi connectivity index (χ0v) is 16.5. The van der Waals surface area contributed by atoms with E-state index < -0.39 is 39.5 Å². The lowest BCUT2D eigenvalue weighted by atomic mass is 9.90. The van der Waals surface area contributed by atoms with Gasteiger partial charge in [-0.2, -0.15) is 0 Å². The van der Waals surface area contributed by atoms with Crippen LogP contribution in [0.15, 0.2) is 36.5 Å². The highest BCUT2D eigenvalue weighted by atomic mass is 35.5. The van der Waals surface area contributed by atoms with Gasteiger partial charge in [0.25, 0.3) is 5.91 Å². The molecule has 0 saturated heterocycles. The second-order valence-corrected chi connectivity index (χ2v) is 8.99. The fourth-order valence-electron chi connectivity index (χ4n) is 2.64. The van der Waals surface area contributed by atoms with Crippen molar-refractivity contribution in [2.45, 2.75) is 25.1 Å². The van der Waals surface area contributed by atoms with E-state index in [1.165, 1.54) is 24.4 Å². The molecule has 6 nitrogen and oxygen atoms in total. The number of halogens is 3. The van der Waals surface area contributed by atoms with Crippen molar-refractivity contribution in [3.05, 3.63) is 58.5 Å². The zero-order chi connectivity index (χ0) is 20.9. The van der Waals surface area contributed by atoms with Crippen LogP contribution >= 0.6 is 11.6 Å². The van der Waals surface area contributed by atoms with Gasteiger partial charge >= 0.3 is 0 Å². The predicted molar refractivity (Wildman–Crippen MR) is 101 cm³/mol. The van der Waals surface area contributed by atoms with Crippen LogP contribution in [0.25, 0.3) is 0 Å². The molecule has 0 saturated carbocycles. The van der Waals surface area contributed by atoms with Crippen molar-refractivity contribution in [2.75, 3.05) is 12.0 Å². The van der Waals surface area contributed by atoms with Crippen LogP contribution < -0.4 is 5.32 Å². The van der Waals surface area contributed by atoms with Gasteiger partial charge in [0.1, 0.15) is 15.7 Å². The Morgan fingerprint density at radius 3 is 2.68 bits per heavy atom. The lowest BCUT2D eigenvalue weighted by Crippen LogP contribution is -2.41. The average molecular weight is 433 g/mol. The molecular weight excluding hydrogens is 414 g/mol. The molecule has 0 aliphatic heterocycles. The number of carbonyl (C=O) groups excluding carboxylic acids is 1. The summed E-state index contributed by atoms with van der Waals surface area (Å²) < 4.78 is 51.5. The SMILES string of the molecule is CS(=O)(=O)CCC[C@@](F)(C(=O)NCc1ccc(F)cc1Cl)c1cccnc1O. The number of pyridine rings is 1. The third-order valence-corrected chi connectivity index (χ3v) is 5.45. The molecule has 1 atom stereocenters. The second kappa shape index (κ2) is 8.83. The summed E-state index contributed by atoms with van der Waals surface area (Å²) >= 11 is 5.90. The monoisotopic (exact) mass is 432 g/mol. The maximum absolute atomic E-state index is 15.7. The molecule has 0 spiro atoms. The van der Waals surface area contributed by atoms with Crippen LogP contribution in [0.5, 0.6) is 5.88 Å². The topological polar surface area (TPSA) is 96.4 Å². The first-order valence-corrected chi connectivity index (χ1v) is 10.7. The number of rotatable bonds is 8. The van der Waals surface area contributed by atoms with Crippen molar-refractivity contribution in [3.63, 3.8) is 0 Å². The van der Waals surface area contributed by atoms with Gasteiger partial charge in [0.15, 0.2) is 0 Å². The lowest BCUT2D eigenvalue weighted by molar-refractivity contribution is -0.134. The van der Waals surface area contributed by atoms with Crippen LogP contribution in [0.4, 0.5) is 8.78 Å². The molecule has 1 heterocycles. The van der Waals surface area contributed by atoms with Gasteiger partial charge in [-0.25, -0.2) is 22.2 Å². The number of carbonyl (C=O) groups is 1. The number of nitrogens with zero attached hydrogens (tertiary/aromatic N) is 1. The first kappa shape index (κ1) is 22.0. The fraction of sp³-hybridized carbons (Fsp3) is 0.333. The van der Waals surface area contributed by atoms with Gasteiger partial charge in [-0.15, -0.1) is 0 Å². The van der Waals surface area contributed by atoms with Crippen molar-refractivity contribution >= 4 is 27.3 Å². The van der Waals surface area contributed by atoms with Gasteiger partial charge in [-0.1, -0.05) is 17.7 Å². The Morgan fingerprint density at radius 2 is 2.07 bits per heavy atom. The highest BCUT2D eigenvalue weighted by Crippen LogP contribution is 2.36. The van der Waals surface area contributed by atoms with Gasteiger partial charge in [0.05, 0.1) is 11.3 Å². The summed E-state index contributed by atoms with van der Waals surface area (Å²) in [7, 11) is -3.36. The lowest BCUT2D eigenvalue weighted by Gasteiger charge is -2.25. The maximum Gasteiger partial charge on any atom is 0.262 e. The number of nitrogens with one attached hydrogen (secondary N) is 1. The zero-order valence-electron chi connectivity index (χ0n) is 15.0. The van der Waals surface area contributed by atoms with E-state index in [0.717, 1.165) is 18.4 Å². The van der Waals surface area contributed by atoms with Gasteiger partial charge < -0.3 is 10.4 Å². The highest BCUT2D eigenvalue weighted by Gasteiger charge is 2.42. The van der Waals surface area contributed by atoms with Crippen molar-refractivity contribution in [1.82, 2.24) is 10.3 Å². The number of hydrogen-bond donors (Lipinski definition) is 2. The van der Waals surface area contributed by atoms with Crippen molar-refractivity contribution in [1.29, 1.82) is 0 Å². The Bertz CT molecular complexity index is 972. The van der Waals surface area contributed by atoms with Crippen molar-refractivity contribution in [2.24, 2.45) is 0 Å². The molecule has 1 amide bonds. The molecule has 2 N–H and O–H groups in total. The Labute approximate surface area is 166 Å². The molecule has 1 aromatic carbocycles. The summed E-state index contributed by atoms with van der Waals surface area (Å²) in [5, 5.41) is 12.3. The van der Waals surface area contributed by atoms with E-state index in [9.17, 15) is 22.7 Å². The van der Waals surface area contributed by atoms with Crippen molar-refractivity contribution in [3.8, 4) is 5.88 Å². The standard InChI is InChI=1S/C18H19ClF2N2O4S/c1-28(26,27)9-3-7-18(21,14-4-2-8-22-16(14)24)17(25)23-11-12-5-6-13(20)10-15(12)19/h2,4-6,8,10H,3,7,9,11H2,1H3,(H,22,24)(H,23,25)/t18-/m0/s1. The number of aromatic nitrogens is 1. The van der Waals surface area contributed by atoms with Crippen LogP contribution in [-0.4, -0.2) is 36.4 Å². The van der Waals surface area contributed by atoms with Crippen LogP contribution in [0.1, 0.15) is 24.0 Å². The third-order valence-electron chi connectivity index (χ3n) is 4.06. The molecule has 0 bridgehead atoms. The fourth-order valence-corrected chi connectivity index (χ4v) is 3.54. The minimum Gasteiger partial charge on any atom is -0.493 e. The van der Waals surface area contributed by atoms with Gasteiger partial charge in [0, 0.05) is 24.0 Å². The Morgan fingerprint density at radius 1 is 1.36 bits per heavy atom. The number of hydrogen-bond acceptors (Lipinski definition) is 5. The highest BCUT2D eigenvalue weighted by molar-refractivity contribution is 7.90. The number of aromatic hydroxyl groups is 1. The summed E-state index contributed by atoms with van der Waals surface area (Å²) in [6.07, 6.45) is 1.60. The van der Waals surface area contributed by atoms with E-state index in [4.69, 9.17) is 11.6 Å². The molecular formula is C18H19ClF2N2O4S. The van der Waals surface area contributed by atoms with Crippen LogP contribution in [0.3, 0.4) is 0 Å². The normalized spacial score (nSPS) is 13.7. The Hall–Kier alpha value is -2.26. The number of benzene rings is 1. The molecule has 152 valence electrons. The summed E-state index contributed by atoms with van der Waals surface area (Å²) in [6.45, 7) is -0.184. The first-order chi connectivity index (χ1) is 13.0. The first-order valence-electron chi connectivity index (χ1n) is 8.26. The molecule has 0 aliphatic rings. The number of amides is 1. The van der Waals surface area contributed by atoms with Crippen LogP contribution in [-0.2, 0) is 26.8 Å². The van der Waals surface area contributed by atoms with Crippen LogP contribution in [0, 0.1) is 5.82 Å². The molecule has 1 aromatic heterocycles. The Kier molecular flexibility index (Phi) is 6.95. The number of alkyl halides is 1. The molecule has 28 heavy (non-hydrogen) atoms. The van der Waals surface area contributed by atoms with E-state index in [-0.39, 0.29) is 29.3 Å². The quantitative estimate of drug-likeness (QED) is 0.668. The molecule has 2 rings (SSSR count).